The van der Waals surface area contributed by atoms with E-state index in [1.54, 1.807) is 17.6 Å². The molecule has 0 saturated carbocycles. The molecule has 1 unspecified atom stereocenters. The molecule has 0 N–H and O–H groups in total. The molecule has 0 radical (unpaired) electrons. The summed E-state index contributed by atoms with van der Waals surface area (Å²) in [6, 6.07) is 6.05. The summed E-state index contributed by atoms with van der Waals surface area (Å²) in [7, 11) is 0. The topological polar surface area (TPSA) is 51.4 Å². The molecule has 3 aromatic rings. The highest BCUT2D eigenvalue weighted by molar-refractivity contribution is 7.16. The molecule has 0 spiro atoms. The summed E-state index contributed by atoms with van der Waals surface area (Å²) in [4.78, 5) is 12.8. The van der Waals surface area contributed by atoms with Gasteiger partial charge < -0.3 is 14.1 Å². The fraction of sp³-hybridized carbons (Fsp3) is 0.444. The Balaban J connectivity index is 1.72. The average molecular weight is 343 g/mol. The number of rotatable bonds is 6. The summed E-state index contributed by atoms with van der Waals surface area (Å²) in [5, 5.41) is 3.20. The van der Waals surface area contributed by atoms with Crippen molar-refractivity contribution in [1.82, 2.24) is 9.97 Å². The second kappa shape index (κ2) is 6.91. The summed E-state index contributed by atoms with van der Waals surface area (Å²) in [5.74, 6) is 2.81. The lowest BCUT2D eigenvalue weighted by Crippen LogP contribution is -2.32. The Morgan fingerprint density at radius 3 is 3.04 bits per heavy atom. The molecule has 0 bridgehead atoms. The molecule has 4 heterocycles. The minimum atomic E-state index is 0.258. The summed E-state index contributed by atoms with van der Waals surface area (Å²) in [6.07, 6.45) is 5.05. The highest BCUT2D eigenvalue weighted by Crippen LogP contribution is 2.30. The third-order valence-corrected chi connectivity index (χ3v) is 5.15. The molecule has 1 atom stereocenters. The van der Waals surface area contributed by atoms with E-state index in [-0.39, 0.29) is 6.10 Å². The zero-order valence-corrected chi connectivity index (χ0v) is 14.6. The molecular formula is C18H21N3O2S. The zero-order valence-electron chi connectivity index (χ0n) is 13.8. The lowest BCUT2D eigenvalue weighted by Gasteiger charge is -2.26. The van der Waals surface area contributed by atoms with Gasteiger partial charge in [-0.05, 0) is 36.4 Å². The van der Waals surface area contributed by atoms with Crippen LogP contribution in [0.2, 0.25) is 0 Å². The molecule has 0 aliphatic carbocycles. The van der Waals surface area contributed by atoms with Crippen LogP contribution in [0.4, 0.5) is 5.82 Å². The van der Waals surface area contributed by atoms with Crippen LogP contribution in [-0.2, 0) is 17.7 Å². The molecular weight excluding hydrogens is 322 g/mol. The van der Waals surface area contributed by atoms with Crippen molar-refractivity contribution in [3.8, 4) is 0 Å². The van der Waals surface area contributed by atoms with E-state index >= 15 is 0 Å². The van der Waals surface area contributed by atoms with Crippen molar-refractivity contribution >= 4 is 27.4 Å². The van der Waals surface area contributed by atoms with Crippen LogP contribution in [0.15, 0.2) is 34.3 Å². The molecule has 0 aromatic carbocycles. The highest BCUT2D eigenvalue weighted by Gasteiger charge is 2.23. The summed E-state index contributed by atoms with van der Waals surface area (Å²) < 4.78 is 11.4. The number of aromatic nitrogens is 2. The number of anilines is 1. The van der Waals surface area contributed by atoms with E-state index in [1.165, 1.54) is 0 Å². The first kappa shape index (κ1) is 15.6. The third-order valence-electron chi connectivity index (χ3n) is 4.34. The van der Waals surface area contributed by atoms with E-state index in [0.29, 0.717) is 6.54 Å². The van der Waals surface area contributed by atoms with Gasteiger partial charge in [0.05, 0.1) is 24.3 Å². The molecule has 126 valence electrons. The molecule has 3 aromatic heterocycles. The molecule has 1 aliphatic rings. The predicted octanol–water partition coefficient (Wildman–Crippen LogP) is 4.03. The molecule has 6 heteroatoms. The van der Waals surface area contributed by atoms with Crippen LogP contribution in [-0.4, -0.2) is 29.2 Å². The zero-order chi connectivity index (χ0) is 16.4. The van der Waals surface area contributed by atoms with Gasteiger partial charge >= 0.3 is 0 Å². The van der Waals surface area contributed by atoms with Crippen LogP contribution < -0.4 is 4.90 Å². The largest absolute Gasteiger partial charge is 0.467 e. The van der Waals surface area contributed by atoms with Crippen LogP contribution in [0.1, 0.15) is 31.4 Å². The number of hydrogen-bond acceptors (Lipinski definition) is 6. The van der Waals surface area contributed by atoms with Gasteiger partial charge in [0.1, 0.15) is 22.2 Å². The van der Waals surface area contributed by atoms with Gasteiger partial charge in [-0.2, -0.15) is 0 Å². The third kappa shape index (κ3) is 3.16. The molecule has 1 saturated heterocycles. The second-order valence-electron chi connectivity index (χ2n) is 6.05. The molecule has 1 fully saturated rings. The number of aryl methyl sites for hydroxylation is 1. The van der Waals surface area contributed by atoms with Crippen LogP contribution in [0.25, 0.3) is 10.2 Å². The standard InChI is InChI=1S/C18H21N3O2S/c1-2-16-19-17(15-7-10-24-18(15)20-16)21(11-13-5-3-8-22-13)12-14-6-4-9-23-14/h3,5,7-8,10,14H,2,4,6,9,11-12H2,1H3. The van der Waals surface area contributed by atoms with Crippen LogP contribution >= 0.6 is 11.3 Å². The first-order valence-corrected chi connectivity index (χ1v) is 9.34. The van der Waals surface area contributed by atoms with E-state index in [9.17, 15) is 0 Å². The first-order chi connectivity index (χ1) is 11.8. The van der Waals surface area contributed by atoms with E-state index in [4.69, 9.17) is 14.1 Å². The maximum absolute atomic E-state index is 5.86. The van der Waals surface area contributed by atoms with Crippen LogP contribution in [0.5, 0.6) is 0 Å². The van der Waals surface area contributed by atoms with Crippen molar-refractivity contribution < 1.29 is 9.15 Å². The van der Waals surface area contributed by atoms with Gasteiger partial charge in [-0.3, -0.25) is 0 Å². The number of thiophene rings is 1. The Kier molecular flexibility index (Phi) is 4.49. The van der Waals surface area contributed by atoms with E-state index < -0.39 is 0 Å². The Morgan fingerprint density at radius 1 is 1.33 bits per heavy atom. The normalized spacial score (nSPS) is 17.6. The van der Waals surface area contributed by atoms with Crippen molar-refractivity contribution in [1.29, 1.82) is 0 Å². The van der Waals surface area contributed by atoms with Gasteiger partial charge in [0, 0.05) is 19.6 Å². The summed E-state index contributed by atoms with van der Waals surface area (Å²) in [6.45, 7) is 4.47. The second-order valence-corrected chi connectivity index (χ2v) is 6.95. The van der Waals surface area contributed by atoms with Crippen molar-refractivity contribution in [3.63, 3.8) is 0 Å². The number of nitrogens with zero attached hydrogens (tertiary/aromatic N) is 3. The summed E-state index contributed by atoms with van der Waals surface area (Å²) >= 11 is 1.67. The monoisotopic (exact) mass is 343 g/mol. The van der Waals surface area contributed by atoms with E-state index in [0.717, 1.165) is 60.0 Å². The Labute approximate surface area is 145 Å². The Morgan fingerprint density at radius 2 is 2.29 bits per heavy atom. The maximum Gasteiger partial charge on any atom is 0.141 e. The molecule has 0 amide bonds. The van der Waals surface area contributed by atoms with Crippen molar-refractivity contribution in [2.24, 2.45) is 0 Å². The van der Waals surface area contributed by atoms with E-state index in [1.807, 2.05) is 12.1 Å². The number of fused-ring (bicyclic) bond motifs is 1. The molecule has 4 rings (SSSR count). The molecule has 1 aliphatic heterocycles. The van der Waals surface area contributed by atoms with Gasteiger partial charge in [0.25, 0.3) is 0 Å². The molecule has 5 nitrogen and oxygen atoms in total. The fourth-order valence-corrected chi connectivity index (χ4v) is 3.91. The van der Waals surface area contributed by atoms with E-state index in [2.05, 4.69) is 28.3 Å². The Hall–Kier alpha value is -1.92. The van der Waals surface area contributed by atoms with Crippen molar-refractivity contribution in [3.05, 3.63) is 41.4 Å². The fourth-order valence-electron chi connectivity index (χ4n) is 3.13. The lowest BCUT2D eigenvalue weighted by atomic mass is 10.2. The van der Waals surface area contributed by atoms with Gasteiger partial charge in [-0.15, -0.1) is 11.3 Å². The SMILES string of the molecule is CCc1nc(N(Cc2ccco2)CC2CCCO2)c2ccsc2n1. The van der Waals surface area contributed by atoms with Gasteiger partial charge in [-0.1, -0.05) is 6.92 Å². The number of hydrogen-bond donors (Lipinski definition) is 0. The Bertz CT molecular complexity index is 794. The average Bonchev–Trinajstić information content (AvgIpc) is 3.35. The molecule has 24 heavy (non-hydrogen) atoms. The minimum absolute atomic E-state index is 0.258. The number of ether oxygens (including phenoxy) is 1. The quantitative estimate of drug-likeness (QED) is 0.676. The van der Waals surface area contributed by atoms with Crippen LogP contribution in [0.3, 0.4) is 0 Å². The van der Waals surface area contributed by atoms with Crippen molar-refractivity contribution in [2.45, 2.75) is 38.8 Å². The number of furan rings is 1. The van der Waals surface area contributed by atoms with Gasteiger partial charge in [0.15, 0.2) is 0 Å². The minimum Gasteiger partial charge on any atom is -0.467 e. The maximum atomic E-state index is 5.86. The van der Waals surface area contributed by atoms with Gasteiger partial charge in [-0.25, -0.2) is 9.97 Å². The van der Waals surface area contributed by atoms with Gasteiger partial charge in [0.2, 0.25) is 0 Å². The first-order valence-electron chi connectivity index (χ1n) is 8.46. The van der Waals surface area contributed by atoms with Crippen LogP contribution in [0, 0.1) is 0 Å². The highest BCUT2D eigenvalue weighted by atomic mass is 32.1. The lowest BCUT2D eigenvalue weighted by molar-refractivity contribution is 0.115. The van der Waals surface area contributed by atoms with Crippen molar-refractivity contribution in [2.75, 3.05) is 18.1 Å². The smallest absolute Gasteiger partial charge is 0.141 e. The summed E-state index contributed by atoms with van der Waals surface area (Å²) in [5.41, 5.74) is 0. The predicted molar refractivity (Wildman–Crippen MR) is 95.5 cm³/mol.